The summed E-state index contributed by atoms with van der Waals surface area (Å²) in [6.45, 7) is 6.55. The van der Waals surface area contributed by atoms with Crippen molar-refractivity contribution in [2.45, 2.75) is 32.9 Å². The van der Waals surface area contributed by atoms with Crippen molar-refractivity contribution >= 4 is 0 Å². The molecule has 0 aliphatic heterocycles. The van der Waals surface area contributed by atoms with E-state index in [-0.39, 0.29) is 0 Å². The fraction of sp³-hybridized carbons (Fsp3) is 0.312. The van der Waals surface area contributed by atoms with E-state index in [1.807, 2.05) is 12.4 Å². The molecule has 0 bridgehead atoms. The summed E-state index contributed by atoms with van der Waals surface area (Å²) < 4.78 is 0. The van der Waals surface area contributed by atoms with Gasteiger partial charge in [-0.1, -0.05) is 24.3 Å². The predicted molar refractivity (Wildman–Crippen MR) is 75.4 cm³/mol. The van der Waals surface area contributed by atoms with Gasteiger partial charge in [-0.3, -0.25) is 4.98 Å². The first kappa shape index (κ1) is 12.8. The maximum Gasteiger partial charge on any atom is 0.0300 e. The van der Waals surface area contributed by atoms with Crippen LogP contribution in [0.4, 0.5) is 0 Å². The highest BCUT2D eigenvalue weighted by Crippen LogP contribution is 2.21. The van der Waals surface area contributed by atoms with E-state index in [1.165, 1.54) is 16.7 Å². The van der Waals surface area contributed by atoms with Gasteiger partial charge in [0, 0.05) is 24.5 Å². The normalized spacial score (nSPS) is 14.2. The Morgan fingerprint density at radius 2 is 1.61 bits per heavy atom. The van der Waals surface area contributed by atoms with E-state index in [9.17, 15) is 0 Å². The van der Waals surface area contributed by atoms with Crippen LogP contribution < -0.4 is 5.32 Å². The molecule has 94 valence electrons. The van der Waals surface area contributed by atoms with E-state index in [2.05, 4.69) is 67.5 Å². The van der Waals surface area contributed by atoms with Gasteiger partial charge in [0.05, 0.1) is 0 Å². The second kappa shape index (κ2) is 5.78. The number of aryl methyl sites for hydroxylation is 1. The van der Waals surface area contributed by atoms with Crippen LogP contribution in [0.5, 0.6) is 0 Å². The van der Waals surface area contributed by atoms with Gasteiger partial charge in [0.1, 0.15) is 0 Å². The monoisotopic (exact) mass is 240 g/mol. The molecule has 2 atom stereocenters. The number of nitrogens with one attached hydrogen (secondary N) is 1. The summed E-state index contributed by atoms with van der Waals surface area (Å²) in [4.78, 5) is 4.05. The first-order chi connectivity index (χ1) is 8.68. The van der Waals surface area contributed by atoms with Crippen LogP contribution in [0, 0.1) is 6.92 Å². The zero-order chi connectivity index (χ0) is 13.0. The van der Waals surface area contributed by atoms with Crippen molar-refractivity contribution < 1.29 is 0 Å². The summed E-state index contributed by atoms with van der Waals surface area (Å²) in [6, 6.07) is 13.3. The quantitative estimate of drug-likeness (QED) is 0.879. The third kappa shape index (κ3) is 2.96. The summed E-state index contributed by atoms with van der Waals surface area (Å²) in [7, 11) is 0. The van der Waals surface area contributed by atoms with E-state index in [0.717, 1.165) is 0 Å². The lowest BCUT2D eigenvalue weighted by molar-refractivity contribution is 0.493. The first-order valence-electron chi connectivity index (χ1n) is 6.40. The Balaban J connectivity index is 2.08. The molecule has 0 aliphatic rings. The van der Waals surface area contributed by atoms with Crippen molar-refractivity contribution in [3.05, 3.63) is 65.5 Å². The van der Waals surface area contributed by atoms with Gasteiger partial charge in [0.25, 0.3) is 0 Å². The molecule has 0 fully saturated rings. The standard InChI is InChI=1S/C16H20N2/c1-12-6-4-5-7-16(12)14(3)18-13(2)15-8-10-17-11-9-15/h4-11,13-14,18H,1-3H3/t13-,14?/m0/s1. The fourth-order valence-corrected chi connectivity index (χ4v) is 2.29. The van der Waals surface area contributed by atoms with Crippen LogP contribution in [-0.2, 0) is 0 Å². The summed E-state index contributed by atoms with van der Waals surface area (Å²) in [5, 5.41) is 3.63. The van der Waals surface area contributed by atoms with Crippen LogP contribution in [0.3, 0.4) is 0 Å². The molecule has 0 spiro atoms. The van der Waals surface area contributed by atoms with Gasteiger partial charge >= 0.3 is 0 Å². The zero-order valence-corrected chi connectivity index (χ0v) is 11.2. The molecule has 0 saturated heterocycles. The molecule has 18 heavy (non-hydrogen) atoms. The Kier molecular flexibility index (Phi) is 4.11. The zero-order valence-electron chi connectivity index (χ0n) is 11.2. The third-order valence-electron chi connectivity index (χ3n) is 3.36. The molecule has 1 N–H and O–H groups in total. The van der Waals surface area contributed by atoms with Crippen molar-refractivity contribution in [1.82, 2.24) is 10.3 Å². The van der Waals surface area contributed by atoms with Crippen LogP contribution in [-0.4, -0.2) is 4.98 Å². The van der Waals surface area contributed by atoms with E-state index in [4.69, 9.17) is 0 Å². The number of pyridine rings is 1. The molecule has 1 aromatic carbocycles. The molecule has 0 aliphatic carbocycles. The number of aromatic nitrogens is 1. The largest absolute Gasteiger partial charge is 0.304 e. The molecule has 0 saturated carbocycles. The molecule has 2 heteroatoms. The summed E-state index contributed by atoms with van der Waals surface area (Å²) in [6.07, 6.45) is 3.68. The van der Waals surface area contributed by atoms with Crippen molar-refractivity contribution in [3.63, 3.8) is 0 Å². The van der Waals surface area contributed by atoms with Gasteiger partial charge in [0.15, 0.2) is 0 Å². The van der Waals surface area contributed by atoms with Crippen LogP contribution in [0.1, 0.15) is 42.6 Å². The van der Waals surface area contributed by atoms with E-state index >= 15 is 0 Å². The molecule has 0 amide bonds. The predicted octanol–water partition coefficient (Wildman–Crippen LogP) is 3.80. The van der Waals surface area contributed by atoms with Crippen molar-refractivity contribution in [2.24, 2.45) is 0 Å². The highest BCUT2D eigenvalue weighted by Gasteiger charge is 2.12. The van der Waals surface area contributed by atoms with Crippen molar-refractivity contribution in [1.29, 1.82) is 0 Å². The molecule has 0 radical (unpaired) electrons. The van der Waals surface area contributed by atoms with Gasteiger partial charge in [-0.15, -0.1) is 0 Å². The van der Waals surface area contributed by atoms with Gasteiger partial charge < -0.3 is 5.32 Å². The lowest BCUT2D eigenvalue weighted by Gasteiger charge is -2.22. The fourth-order valence-electron chi connectivity index (χ4n) is 2.29. The van der Waals surface area contributed by atoms with E-state index in [1.54, 1.807) is 0 Å². The number of hydrogen-bond acceptors (Lipinski definition) is 2. The Bertz CT molecular complexity index is 493. The highest BCUT2D eigenvalue weighted by atomic mass is 14.9. The summed E-state index contributed by atoms with van der Waals surface area (Å²) in [5.74, 6) is 0. The average molecular weight is 240 g/mol. The van der Waals surface area contributed by atoms with Gasteiger partial charge in [0.2, 0.25) is 0 Å². The molecular weight excluding hydrogens is 220 g/mol. The number of rotatable bonds is 4. The Morgan fingerprint density at radius 1 is 0.944 bits per heavy atom. The number of benzene rings is 1. The molecular formula is C16H20N2. The minimum atomic E-state index is 0.322. The number of nitrogens with zero attached hydrogens (tertiary/aromatic N) is 1. The Hall–Kier alpha value is -1.67. The lowest BCUT2D eigenvalue weighted by atomic mass is 10.0. The van der Waals surface area contributed by atoms with Gasteiger partial charge in [-0.25, -0.2) is 0 Å². The van der Waals surface area contributed by atoms with Crippen LogP contribution in [0.25, 0.3) is 0 Å². The van der Waals surface area contributed by atoms with Crippen molar-refractivity contribution in [2.75, 3.05) is 0 Å². The SMILES string of the molecule is Cc1ccccc1C(C)N[C@@H](C)c1ccncc1. The van der Waals surface area contributed by atoms with Crippen LogP contribution in [0.15, 0.2) is 48.8 Å². The molecule has 1 unspecified atom stereocenters. The molecule has 1 aromatic heterocycles. The molecule has 2 rings (SSSR count). The topological polar surface area (TPSA) is 24.9 Å². The van der Waals surface area contributed by atoms with Crippen molar-refractivity contribution in [3.8, 4) is 0 Å². The Labute approximate surface area is 109 Å². The minimum Gasteiger partial charge on any atom is -0.304 e. The second-order valence-corrected chi connectivity index (χ2v) is 4.75. The van der Waals surface area contributed by atoms with E-state index < -0.39 is 0 Å². The third-order valence-corrected chi connectivity index (χ3v) is 3.36. The van der Waals surface area contributed by atoms with Gasteiger partial charge in [-0.05, 0) is 49.6 Å². The molecule has 2 nitrogen and oxygen atoms in total. The first-order valence-corrected chi connectivity index (χ1v) is 6.40. The smallest absolute Gasteiger partial charge is 0.0300 e. The maximum atomic E-state index is 4.05. The van der Waals surface area contributed by atoms with Crippen LogP contribution >= 0.6 is 0 Å². The maximum absolute atomic E-state index is 4.05. The minimum absolute atomic E-state index is 0.322. The molecule has 2 aromatic rings. The Morgan fingerprint density at radius 3 is 2.28 bits per heavy atom. The molecule has 1 heterocycles. The summed E-state index contributed by atoms with van der Waals surface area (Å²) in [5.41, 5.74) is 3.96. The number of hydrogen-bond donors (Lipinski definition) is 1. The van der Waals surface area contributed by atoms with E-state index in [0.29, 0.717) is 12.1 Å². The average Bonchev–Trinajstić information content (AvgIpc) is 2.40. The highest BCUT2D eigenvalue weighted by molar-refractivity contribution is 5.28. The second-order valence-electron chi connectivity index (χ2n) is 4.75. The van der Waals surface area contributed by atoms with Crippen LogP contribution in [0.2, 0.25) is 0 Å². The van der Waals surface area contributed by atoms with Gasteiger partial charge in [-0.2, -0.15) is 0 Å². The summed E-state index contributed by atoms with van der Waals surface area (Å²) >= 11 is 0. The lowest BCUT2D eigenvalue weighted by Crippen LogP contribution is -2.23.